The Bertz CT molecular complexity index is 568. The van der Waals surface area contributed by atoms with Crippen LogP contribution in [0.4, 0.5) is 5.69 Å². The molecule has 0 aliphatic heterocycles. The molecule has 0 aliphatic carbocycles. The lowest BCUT2D eigenvalue weighted by Gasteiger charge is -2.10. The molecule has 0 unspecified atom stereocenters. The number of benzene rings is 1. The molecule has 0 saturated heterocycles. The monoisotopic (exact) mass is 338 g/mol. The quantitative estimate of drug-likeness (QED) is 0.877. The minimum Gasteiger partial charge on any atom is -0.381 e. The highest BCUT2D eigenvalue weighted by Crippen LogP contribution is 2.22. The second-order valence-electron chi connectivity index (χ2n) is 4.12. The Hall–Kier alpha value is -1.33. The highest BCUT2D eigenvalue weighted by molar-refractivity contribution is 9.11. The number of halogens is 1. The van der Waals surface area contributed by atoms with Gasteiger partial charge in [0.2, 0.25) is 5.91 Å². The molecule has 2 rings (SSSR count). The Balaban J connectivity index is 2.05. The first kappa shape index (κ1) is 14.1. The van der Waals surface area contributed by atoms with Crippen LogP contribution in [0.3, 0.4) is 0 Å². The van der Waals surface area contributed by atoms with E-state index < -0.39 is 0 Å². The fourth-order valence-electron chi connectivity index (χ4n) is 1.74. The zero-order valence-electron chi connectivity index (χ0n) is 10.6. The van der Waals surface area contributed by atoms with E-state index in [0.29, 0.717) is 6.42 Å². The van der Waals surface area contributed by atoms with Crippen LogP contribution in [0, 0.1) is 0 Å². The van der Waals surface area contributed by atoms with Gasteiger partial charge in [0.25, 0.3) is 0 Å². The van der Waals surface area contributed by atoms with Crippen LogP contribution in [-0.2, 0) is 17.8 Å². The summed E-state index contributed by atoms with van der Waals surface area (Å²) in [5, 5.41) is 8.13. The summed E-state index contributed by atoms with van der Waals surface area (Å²) in [6.07, 6.45) is 0.396. The molecule has 1 amide bonds. The largest absolute Gasteiger partial charge is 0.381 e. The molecule has 0 bridgehead atoms. The number of para-hydroxylation sites is 1. The molecule has 0 atom stereocenters. The highest BCUT2D eigenvalue weighted by Gasteiger charge is 2.06. The minimum absolute atomic E-state index is 0.0209. The van der Waals surface area contributed by atoms with Crippen molar-refractivity contribution in [2.45, 2.75) is 13.0 Å². The summed E-state index contributed by atoms with van der Waals surface area (Å²) in [5.41, 5.74) is 3.25. The predicted molar refractivity (Wildman–Crippen MR) is 83.6 cm³/mol. The van der Waals surface area contributed by atoms with Gasteiger partial charge >= 0.3 is 0 Å². The van der Waals surface area contributed by atoms with Gasteiger partial charge in [-0.3, -0.25) is 4.79 Å². The standard InChI is InChI=1S/C14H15BrN2OS/c1-16-14(18)7-11-4-2-3-5-12(11)17-8-10-6-13(15)19-9-10/h2-6,9,17H,7-8H2,1H3,(H,16,18). The van der Waals surface area contributed by atoms with E-state index >= 15 is 0 Å². The third-order valence-electron chi connectivity index (χ3n) is 2.75. The Kier molecular flexibility index (Phi) is 4.99. The van der Waals surface area contributed by atoms with Crippen LogP contribution in [0.5, 0.6) is 0 Å². The van der Waals surface area contributed by atoms with Gasteiger partial charge in [-0.1, -0.05) is 18.2 Å². The highest BCUT2D eigenvalue weighted by atomic mass is 79.9. The molecule has 1 aromatic heterocycles. The summed E-state index contributed by atoms with van der Waals surface area (Å²) < 4.78 is 1.13. The second-order valence-corrected chi connectivity index (χ2v) is 6.41. The fourth-order valence-corrected chi connectivity index (χ4v) is 2.95. The van der Waals surface area contributed by atoms with Crippen LogP contribution < -0.4 is 10.6 Å². The van der Waals surface area contributed by atoms with E-state index in [4.69, 9.17) is 0 Å². The van der Waals surface area contributed by atoms with Crippen molar-refractivity contribution in [1.29, 1.82) is 0 Å². The van der Waals surface area contributed by atoms with E-state index in [0.717, 1.165) is 21.6 Å². The van der Waals surface area contributed by atoms with Crippen LogP contribution in [0.1, 0.15) is 11.1 Å². The molecule has 19 heavy (non-hydrogen) atoms. The van der Waals surface area contributed by atoms with Crippen LogP contribution in [-0.4, -0.2) is 13.0 Å². The van der Waals surface area contributed by atoms with Gasteiger partial charge in [0.05, 0.1) is 10.2 Å². The summed E-state index contributed by atoms with van der Waals surface area (Å²) in [6.45, 7) is 0.757. The number of amides is 1. The van der Waals surface area contributed by atoms with Gasteiger partial charge < -0.3 is 10.6 Å². The molecule has 5 heteroatoms. The number of anilines is 1. The van der Waals surface area contributed by atoms with E-state index in [1.165, 1.54) is 5.56 Å². The van der Waals surface area contributed by atoms with Crippen LogP contribution >= 0.6 is 27.3 Å². The molecule has 100 valence electrons. The lowest BCUT2D eigenvalue weighted by molar-refractivity contribution is -0.119. The van der Waals surface area contributed by atoms with E-state index in [2.05, 4.69) is 38.0 Å². The average molecular weight is 339 g/mol. The van der Waals surface area contributed by atoms with Crippen molar-refractivity contribution in [2.24, 2.45) is 0 Å². The number of carbonyl (C=O) groups excluding carboxylic acids is 1. The van der Waals surface area contributed by atoms with Gasteiger partial charge in [-0.05, 0) is 44.6 Å². The first-order chi connectivity index (χ1) is 9.19. The first-order valence-corrected chi connectivity index (χ1v) is 7.61. The smallest absolute Gasteiger partial charge is 0.224 e. The van der Waals surface area contributed by atoms with Crippen molar-refractivity contribution in [3.8, 4) is 0 Å². The van der Waals surface area contributed by atoms with Crippen molar-refractivity contribution in [3.05, 3.63) is 50.6 Å². The molecule has 0 saturated carbocycles. The minimum atomic E-state index is 0.0209. The normalized spacial score (nSPS) is 10.2. The summed E-state index contributed by atoms with van der Waals surface area (Å²) in [4.78, 5) is 11.5. The second kappa shape index (κ2) is 6.73. The third-order valence-corrected chi connectivity index (χ3v) is 4.31. The molecule has 0 spiro atoms. The Morgan fingerprint density at radius 2 is 2.16 bits per heavy atom. The van der Waals surface area contributed by atoms with Gasteiger partial charge in [-0.2, -0.15) is 0 Å². The molecule has 2 N–H and O–H groups in total. The lowest BCUT2D eigenvalue weighted by Crippen LogP contribution is -2.20. The van der Waals surface area contributed by atoms with Crippen molar-refractivity contribution in [1.82, 2.24) is 5.32 Å². The number of nitrogens with one attached hydrogen (secondary N) is 2. The van der Waals surface area contributed by atoms with Gasteiger partial charge in [0.15, 0.2) is 0 Å². The zero-order valence-corrected chi connectivity index (χ0v) is 13.0. The number of carbonyl (C=O) groups is 1. The summed E-state index contributed by atoms with van der Waals surface area (Å²) >= 11 is 5.12. The molecular weight excluding hydrogens is 324 g/mol. The predicted octanol–water partition coefficient (Wildman–Crippen LogP) is 3.41. The van der Waals surface area contributed by atoms with Crippen LogP contribution in [0.15, 0.2) is 39.5 Å². The molecule has 0 fully saturated rings. The van der Waals surface area contributed by atoms with Crippen molar-refractivity contribution in [3.63, 3.8) is 0 Å². The topological polar surface area (TPSA) is 41.1 Å². The van der Waals surface area contributed by atoms with Crippen molar-refractivity contribution >= 4 is 38.9 Å². The number of thiophene rings is 1. The molecule has 0 aliphatic rings. The number of rotatable bonds is 5. The maximum Gasteiger partial charge on any atom is 0.224 e. The van der Waals surface area contributed by atoms with Gasteiger partial charge in [-0.25, -0.2) is 0 Å². The van der Waals surface area contributed by atoms with Crippen molar-refractivity contribution in [2.75, 3.05) is 12.4 Å². The molecular formula is C14H15BrN2OS. The Labute approximate surface area is 125 Å². The van der Waals surface area contributed by atoms with E-state index in [-0.39, 0.29) is 5.91 Å². The number of hydrogen-bond donors (Lipinski definition) is 2. The summed E-state index contributed by atoms with van der Waals surface area (Å²) in [6, 6.07) is 9.99. The van der Waals surface area contributed by atoms with E-state index in [9.17, 15) is 4.79 Å². The number of hydrogen-bond acceptors (Lipinski definition) is 3. The maximum absolute atomic E-state index is 11.5. The maximum atomic E-state index is 11.5. The lowest BCUT2D eigenvalue weighted by atomic mass is 10.1. The fraction of sp³-hybridized carbons (Fsp3) is 0.214. The van der Waals surface area contributed by atoms with Crippen molar-refractivity contribution < 1.29 is 4.79 Å². The van der Waals surface area contributed by atoms with E-state index in [1.54, 1.807) is 18.4 Å². The molecule has 0 radical (unpaired) electrons. The Morgan fingerprint density at radius 3 is 2.84 bits per heavy atom. The van der Waals surface area contributed by atoms with Gasteiger partial charge in [-0.15, -0.1) is 11.3 Å². The first-order valence-electron chi connectivity index (χ1n) is 5.94. The van der Waals surface area contributed by atoms with Gasteiger partial charge in [0.1, 0.15) is 0 Å². The zero-order chi connectivity index (χ0) is 13.7. The SMILES string of the molecule is CNC(=O)Cc1ccccc1NCc1csc(Br)c1. The average Bonchev–Trinajstić information content (AvgIpc) is 2.83. The Morgan fingerprint density at radius 1 is 1.37 bits per heavy atom. The van der Waals surface area contributed by atoms with Crippen LogP contribution in [0.2, 0.25) is 0 Å². The van der Waals surface area contributed by atoms with Gasteiger partial charge in [0, 0.05) is 19.3 Å². The van der Waals surface area contributed by atoms with Crippen LogP contribution in [0.25, 0.3) is 0 Å². The summed E-state index contributed by atoms with van der Waals surface area (Å²) in [7, 11) is 1.65. The molecule has 3 nitrogen and oxygen atoms in total. The summed E-state index contributed by atoms with van der Waals surface area (Å²) in [5.74, 6) is 0.0209. The molecule has 1 aromatic carbocycles. The number of likely N-dealkylation sites (N-methyl/N-ethyl adjacent to an activating group) is 1. The third kappa shape index (κ3) is 4.08. The van der Waals surface area contributed by atoms with E-state index in [1.807, 2.05) is 24.3 Å². The molecule has 1 heterocycles. The molecule has 2 aromatic rings.